The van der Waals surface area contributed by atoms with E-state index in [1.807, 2.05) is 0 Å². The van der Waals surface area contributed by atoms with Crippen LogP contribution < -0.4 is 10.6 Å². The van der Waals surface area contributed by atoms with Gasteiger partial charge in [-0.25, -0.2) is 18.3 Å². The summed E-state index contributed by atoms with van der Waals surface area (Å²) in [6.07, 6.45) is 9.90. The standard InChI is InChI=1S/C25H33F2N7O2/c1-2-15-7-9-16(10-8-15)34-14-19(22(32-34)23(26)27)30-25(36)17-13-28-33-12-11-21(31-24(17)33)29-18-5-3-4-6-20(18)35/h11-16,18,20,23,35H,2-10H2,1H3,(H,29,31)(H,30,36)/t15-,16-,18-,20+/m0/s1. The lowest BCUT2D eigenvalue weighted by Crippen LogP contribution is -2.36. The maximum Gasteiger partial charge on any atom is 0.284 e. The number of aliphatic hydroxyl groups is 1. The Kier molecular flexibility index (Phi) is 7.17. The molecule has 0 unspecified atom stereocenters. The van der Waals surface area contributed by atoms with Gasteiger partial charge < -0.3 is 15.7 Å². The molecule has 36 heavy (non-hydrogen) atoms. The fourth-order valence-electron chi connectivity index (χ4n) is 5.44. The molecule has 0 bridgehead atoms. The second kappa shape index (κ2) is 10.5. The van der Waals surface area contributed by atoms with Gasteiger partial charge >= 0.3 is 0 Å². The zero-order chi connectivity index (χ0) is 25.2. The minimum Gasteiger partial charge on any atom is -0.391 e. The zero-order valence-corrected chi connectivity index (χ0v) is 20.4. The molecular formula is C25H33F2N7O2. The Morgan fingerprint density at radius 3 is 2.69 bits per heavy atom. The number of aromatic nitrogens is 5. The van der Waals surface area contributed by atoms with Gasteiger partial charge in [-0.1, -0.05) is 26.2 Å². The van der Waals surface area contributed by atoms with Gasteiger partial charge in [-0.3, -0.25) is 9.48 Å². The van der Waals surface area contributed by atoms with Crippen molar-refractivity contribution in [3.8, 4) is 0 Å². The van der Waals surface area contributed by atoms with Crippen molar-refractivity contribution in [2.24, 2.45) is 5.92 Å². The van der Waals surface area contributed by atoms with Gasteiger partial charge in [0, 0.05) is 12.4 Å². The number of carbonyl (C=O) groups excluding carboxylic acids is 1. The molecule has 3 aromatic rings. The second-order valence-electron chi connectivity index (χ2n) is 9.99. The number of nitrogens with one attached hydrogen (secondary N) is 2. The van der Waals surface area contributed by atoms with Crippen LogP contribution in [0.3, 0.4) is 0 Å². The molecule has 0 radical (unpaired) electrons. The molecule has 2 aliphatic rings. The van der Waals surface area contributed by atoms with Crippen LogP contribution in [0.2, 0.25) is 0 Å². The first-order valence-electron chi connectivity index (χ1n) is 12.9. The van der Waals surface area contributed by atoms with E-state index in [9.17, 15) is 18.7 Å². The molecule has 3 heterocycles. The van der Waals surface area contributed by atoms with Gasteiger partial charge in [0.05, 0.1) is 30.1 Å². The van der Waals surface area contributed by atoms with Gasteiger partial charge in [0.2, 0.25) is 0 Å². The van der Waals surface area contributed by atoms with Crippen LogP contribution in [0.4, 0.5) is 20.3 Å². The Labute approximate surface area is 208 Å². The number of hydrogen-bond donors (Lipinski definition) is 3. The molecule has 3 aromatic heterocycles. The summed E-state index contributed by atoms with van der Waals surface area (Å²) in [5.74, 6) is 0.615. The lowest BCUT2D eigenvalue weighted by Gasteiger charge is -2.28. The minimum atomic E-state index is -2.81. The van der Waals surface area contributed by atoms with Gasteiger partial charge in [0.15, 0.2) is 11.3 Å². The topological polar surface area (TPSA) is 109 Å². The van der Waals surface area contributed by atoms with Crippen molar-refractivity contribution in [3.05, 3.63) is 35.9 Å². The van der Waals surface area contributed by atoms with Crippen molar-refractivity contribution in [2.45, 2.75) is 89.3 Å². The summed E-state index contributed by atoms with van der Waals surface area (Å²) in [7, 11) is 0. The van der Waals surface area contributed by atoms with E-state index >= 15 is 0 Å². The number of aliphatic hydroxyl groups excluding tert-OH is 1. The lowest BCUT2D eigenvalue weighted by molar-refractivity contribution is 0.102. The molecule has 0 spiro atoms. The van der Waals surface area contributed by atoms with Crippen LogP contribution in [0.25, 0.3) is 5.65 Å². The second-order valence-corrected chi connectivity index (χ2v) is 9.99. The van der Waals surface area contributed by atoms with E-state index in [4.69, 9.17) is 0 Å². The van der Waals surface area contributed by atoms with E-state index < -0.39 is 24.1 Å². The third kappa shape index (κ3) is 5.07. The maximum atomic E-state index is 13.8. The molecule has 0 aliphatic heterocycles. The number of anilines is 2. The van der Waals surface area contributed by atoms with Crippen LogP contribution in [-0.4, -0.2) is 47.5 Å². The van der Waals surface area contributed by atoms with Crippen LogP contribution in [0.5, 0.6) is 0 Å². The zero-order valence-electron chi connectivity index (χ0n) is 20.4. The number of hydrogen-bond acceptors (Lipinski definition) is 6. The van der Waals surface area contributed by atoms with Crippen molar-refractivity contribution in [1.82, 2.24) is 24.4 Å². The highest BCUT2D eigenvalue weighted by atomic mass is 19.3. The molecule has 2 aliphatic carbocycles. The predicted octanol–water partition coefficient (Wildman–Crippen LogP) is 4.97. The molecule has 3 N–H and O–H groups in total. The number of nitrogens with zero attached hydrogens (tertiary/aromatic N) is 5. The van der Waals surface area contributed by atoms with Crippen LogP contribution in [0, 0.1) is 5.92 Å². The van der Waals surface area contributed by atoms with E-state index in [1.54, 1.807) is 16.9 Å². The molecule has 2 fully saturated rings. The molecule has 0 aromatic carbocycles. The summed E-state index contributed by atoms with van der Waals surface area (Å²) < 4.78 is 30.6. The molecule has 9 nitrogen and oxygen atoms in total. The van der Waals surface area contributed by atoms with Crippen LogP contribution in [-0.2, 0) is 0 Å². The fourth-order valence-corrected chi connectivity index (χ4v) is 5.44. The molecule has 194 valence electrons. The predicted molar refractivity (Wildman–Crippen MR) is 131 cm³/mol. The number of rotatable bonds is 7. The summed E-state index contributed by atoms with van der Waals surface area (Å²) >= 11 is 0. The molecular weight excluding hydrogens is 468 g/mol. The first-order valence-corrected chi connectivity index (χ1v) is 12.9. The molecule has 11 heteroatoms. The average molecular weight is 502 g/mol. The monoisotopic (exact) mass is 501 g/mol. The fraction of sp³-hybridized carbons (Fsp3) is 0.600. The highest BCUT2D eigenvalue weighted by Gasteiger charge is 2.27. The number of alkyl halides is 2. The molecule has 0 saturated heterocycles. The van der Waals surface area contributed by atoms with Crippen LogP contribution >= 0.6 is 0 Å². The Morgan fingerprint density at radius 1 is 1.19 bits per heavy atom. The summed E-state index contributed by atoms with van der Waals surface area (Å²) in [5.41, 5.74) is 0.0385. The van der Waals surface area contributed by atoms with Crippen molar-refractivity contribution in [2.75, 3.05) is 10.6 Å². The highest BCUT2D eigenvalue weighted by molar-refractivity contribution is 6.08. The highest BCUT2D eigenvalue weighted by Crippen LogP contribution is 2.36. The van der Waals surface area contributed by atoms with Crippen molar-refractivity contribution in [3.63, 3.8) is 0 Å². The Hall–Kier alpha value is -3.08. The Morgan fingerprint density at radius 2 is 1.97 bits per heavy atom. The molecule has 1 amide bonds. The van der Waals surface area contributed by atoms with Crippen LogP contribution in [0.1, 0.15) is 93.2 Å². The third-order valence-electron chi connectivity index (χ3n) is 7.66. The van der Waals surface area contributed by atoms with E-state index in [-0.39, 0.29) is 23.3 Å². The van der Waals surface area contributed by atoms with Crippen LogP contribution in [0.15, 0.2) is 24.7 Å². The summed E-state index contributed by atoms with van der Waals surface area (Å²) in [6.45, 7) is 2.18. The van der Waals surface area contributed by atoms with E-state index in [0.29, 0.717) is 17.4 Å². The van der Waals surface area contributed by atoms with E-state index in [1.165, 1.54) is 16.9 Å². The quantitative estimate of drug-likeness (QED) is 0.422. The lowest BCUT2D eigenvalue weighted by atomic mass is 9.85. The van der Waals surface area contributed by atoms with Crippen molar-refractivity contribution >= 4 is 23.1 Å². The Balaban J connectivity index is 1.35. The van der Waals surface area contributed by atoms with E-state index in [0.717, 1.165) is 57.8 Å². The summed E-state index contributed by atoms with van der Waals surface area (Å²) in [5, 5.41) is 24.5. The van der Waals surface area contributed by atoms with Crippen molar-refractivity contribution in [1.29, 1.82) is 0 Å². The van der Waals surface area contributed by atoms with Crippen molar-refractivity contribution < 1.29 is 18.7 Å². The first kappa shape index (κ1) is 24.6. The normalized spacial score (nSPS) is 24.8. The van der Waals surface area contributed by atoms with Gasteiger partial charge in [-0.15, -0.1) is 0 Å². The molecule has 2 atom stereocenters. The van der Waals surface area contributed by atoms with Gasteiger partial charge in [-0.2, -0.15) is 10.2 Å². The summed E-state index contributed by atoms with van der Waals surface area (Å²) in [6, 6.07) is 1.67. The minimum absolute atomic E-state index is 0.00609. The Bertz CT molecular complexity index is 1200. The van der Waals surface area contributed by atoms with Gasteiger partial charge in [0.25, 0.3) is 12.3 Å². The SMILES string of the molecule is CC[C@H]1CC[C@H](n2cc(NC(=O)c3cnn4ccc(N[C@H]5CCCC[C@H]5O)nc34)c(C(F)F)n2)CC1. The molecule has 2 saturated carbocycles. The van der Waals surface area contributed by atoms with E-state index in [2.05, 4.69) is 32.7 Å². The number of halogens is 2. The maximum absolute atomic E-state index is 13.8. The number of carbonyl (C=O) groups is 1. The smallest absolute Gasteiger partial charge is 0.284 e. The first-order chi connectivity index (χ1) is 17.4. The number of fused-ring (bicyclic) bond motifs is 1. The average Bonchev–Trinajstić information content (AvgIpc) is 3.50. The largest absolute Gasteiger partial charge is 0.391 e. The third-order valence-corrected chi connectivity index (χ3v) is 7.66. The summed E-state index contributed by atoms with van der Waals surface area (Å²) in [4.78, 5) is 17.7. The number of amides is 1. The molecule has 5 rings (SSSR count). The van der Waals surface area contributed by atoms with Gasteiger partial charge in [0.1, 0.15) is 11.4 Å². The van der Waals surface area contributed by atoms with Gasteiger partial charge in [-0.05, 0) is 50.5 Å².